The molecule has 1 amide bonds. The van der Waals surface area contributed by atoms with Crippen LogP contribution in [-0.4, -0.2) is 56.0 Å². The number of aryl methyl sites for hydroxylation is 2. The first-order valence-corrected chi connectivity index (χ1v) is 17.4. The standard InChI is InChI=1S/C39H47N5O3.C2H6/c1-9-12-17-40-39(33-23-35-37(21-27(33)6)46-25-30-24-43(38(45)10-2)18-19-44(30)35)41-29-13-16-36(28(7)20-29)47-31-14-15-34(42(8)11-3)32(22-31)26(4)5;1-2/h10-17,20-23,26,30H,2-3,9,18-19,24-25H2,1,4-8H3,(H,40,41);1-2H3/b17-12+;. The molecule has 1 atom stereocenters. The van der Waals surface area contributed by atoms with E-state index in [9.17, 15) is 4.79 Å². The summed E-state index contributed by atoms with van der Waals surface area (Å²) in [6, 6.07) is 16.6. The third-order valence-electron chi connectivity index (χ3n) is 8.76. The Morgan fingerprint density at radius 2 is 1.88 bits per heavy atom. The van der Waals surface area contributed by atoms with Crippen LogP contribution in [-0.2, 0) is 4.79 Å². The maximum atomic E-state index is 12.3. The van der Waals surface area contributed by atoms with Crippen molar-refractivity contribution < 1.29 is 14.3 Å². The molecular formula is C41H53N5O3. The van der Waals surface area contributed by atoms with Crippen molar-refractivity contribution in [1.82, 2.24) is 4.90 Å². The number of carbonyl (C=O) groups is 1. The van der Waals surface area contributed by atoms with E-state index in [0.717, 1.165) is 69.8 Å². The number of hydrogen-bond donors (Lipinski definition) is 1. The summed E-state index contributed by atoms with van der Waals surface area (Å²) in [6.07, 6.45) is 7.98. The van der Waals surface area contributed by atoms with Gasteiger partial charge in [0.1, 0.15) is 29.7 Å². The fourth-order valence-electron chi connectivity index (χ4n) is 6.08. The van der Waals surface area contributed by atoms with E-state index >= 15 is 0 Å². The van der Waals surface area contributed by atoms with Crippen LogP contribution in [0, 0.1) is 13.8 Å². The zero-order valence-electron chi connectivity index (χ0n) is 30.5. The van der Waals surface area contributed by atoms with Crippen LogP contribution in [0.5, 0.6) is 17.2 Å². The number of aliphatic imine (C=N–C) groups is 1. The average molecular weight is 664 g/mol. The van der Waals surface area contributed by atoms with E-state index in [1.807, 2.05) is 67.4 Å². The third kappa shape index (κ3) is 8.55. The Hall–Kier alpha value is -4.98. The molecule has 0 saturated carbocycles. The van der Waals surface area contributed by atoms with Gasteiger partial charge in [0.15, 0.2) is 0 Å². The van der Waals surface area contributed by atoms with E-state index in [1.54, 1.807) is 0 Å². The topological polar surface area (TPSA) is 69.6 Å². The Morgan fingerprint density at radius 1 is 1.10 bits per heavy atom. The molecule has 1 unspecified atom stereocenters. The molecule has 1 N–H and O–H groups in total. The molecule has 8 nitrogen and oxygen atoms in total. The van der Waals surface area contributed by atoms with Gasteiger partial charge in [-0.1, -0.05) is 53.9 Å². The number of amidine groups is 1. The van der Waals surface area contributed by atoms with Crippen molar-refractivity contribution >= 4 is 28.8 Å². The average Bonchev–Trinajstić information content (AvgIpc) is 3.11. The summed E-state index contributed by atoms with van der Waals surface area (Å²) >= 11 is 0. The Labute approximate surface area is 293 Å². The molecule has 2 heterocycles. The van der Waals surface area contributed by atoms with Crippen molar-refractivity contribution in [3.63, 3.8) is 0 Å². The van der Waals surface area contributed by atoms with Gasteiger partial charge in [-0.2, -0.15) is 0 Å². The number of anilines is 3. The van der Waals surface area contributed by atoms with Crippen molar-refractivity contribution in [2.45, 2.75) is 66.8 Å². The molecule has 2 aliphatic rings. The summed E-state index contributed by atoms with van der Waals surface area (Å²) in [6.45, 7) is 24.7. The summed E-state index contributed by atoms with van der Waals surface area (Å²) < 4.78 is 12.6. The molecular weight excluding hydrogens is 610 g/mol. The zero-order valence-corrected chi connectivity index (χ0v) is 30.5. The molecule has 1 fully saturated rings. The molecule has 49 heavy (non-hydrogen) atoms. The molecule has 3 aromatic carbocycles. The van der Waals surface area contributed by atoms with Crippen LogP contribution in [0.4, 0.5) is 17.1 Å². The van der Waals surface area contributed by atoms with Gasteiger partial charge < -0.3 is 29.5 Å². The minimum absolute atomic E-state index is 0.0392. The molecule has 3 aromatic rings. The first kappa shape index (κ1) is 36.8. The zero-order chi connectivity index (χ0) is 35.7. The number of amides is 1. The Balaban J connectivity index is 0.00000265. The molecule has 2 aliphatic heterocycles. The molecule has 8 heteroatoms. The van der Waals surface area contributed by atoms with E-state index in [0.29, 0.717) is 25.6 Å². The Bertz CT molecular complexity index is 1710. The number of allylic oxidation sites excluding steroid dienone is 1. The van der Waals surface area contributed by atoms with Crippen LogP contribution in [0.15, 0.2) is 91.2 Å². The predicted molar refractivity (Wildman–Crippen MR) is 206 cm³/mol. The Kier molecular flexibility index (Phi) is 12.7. The number of rotatable bonds is 10. The molecule has 260 valence electrons. The smallest absolute Gasteiger partial charge is 0.246 e. The SMILES string of the molecule is C=CC(=O)N1CCN2c3cc(C(=N/C=C/CC)Nc4ccc(Oc5ccc(N(C)C=C)c(C(C)C)c5)c(C)c4)c(C)cc3OCC2C1.CC. The summed E-state index contributed by atoms with van der Waals surface area (Å²) in [7, 11) is 2.01. The Morgan fingerprint density at radius 3 is 2.55 bits per heavy atom. The lowest BCUT2D eigenvalue weighted by molar-refractivity contribution is -0.127. The monoisotopic (exact) mass is 663 g/mol. The van der Waals surface area contributed by atoms with Gasteiger partial charge in [0.05, 0.1) is 11.7 Å². The van der Waals surface area contributed by atoms with Crippen molar-refractivity contribution in [2.24, 2.45) is 4.99 Å². The minimum Gasteiger partial charge on any atom is -0.489 e. The molecule has 0 spiro atoms. The van der Waals surface area contributed by atoms with E-state index in [2.05, 4.69) is 88.3 Å². The predicted octanol–water partition coefficient (Wildman–Crippen LogP) is 9.20. The van der Waals surface area contributed by atoms with Gasteiger partial charge in [0.2, 0.25) is 5.91 Å². The number of nitrogens with zero attached hydrogens (tertiary/aromatic N) is 4. The molecule has 5 rings (SSSR count). The number of nitrogens with one attached hydrogen (secondary N) is 1. The van der Waals surface area contributed by atoms with E-state index in [1.165, 1.54) is 11.6 Å². The fraction of sp³-hybridized carbons (Fsp3) is 0.366. The van der Waals surface area contributed by atoms with Gasteiger partial charge in [-0.25, -0.2) is 4.99 Å². The first-order valence-electron chi connectivity index (χ1n) is 17.4. The molecule has 0 radical (unpaired) electrons. The lowest BCUT2D eigenvalue weighted by Gasteiger charge is -2.45. The van der Waals surface area contributed by atoms with Gasteiger partial charge in [-0.05, 0) is 104 Å². The van der Waals surface area contributed by atoms with Crippen LogP contribution >= 0.6 is 0 Å². The van der Waals surface area contributed by atoms with Crippen molar-refractivity contribution in [2.75, 3.05) is 48.4 Å². The molecule has 0 aromatic heterocycles. The van der Waals surface area contributed by atoms with Crippen LogP contribution < -0.4 is 24.6 Å². The van der Waals surface area contributed by atoms with E-state index in [4.69, 9.17) is 14.5 Å². The highest BCUT2D eigenvalue weighted by atomic mass is 16.5. The number of hydrogen-bond acceptors (Lipinski definition) is 6. The highest BCUT2D eigenvalue weighted by Crippen LogP contribution is 2.39. The quantitative estimate of drug-likeness (QED) is 0.133. The van der Waals surface area contributed by atoms with Crippen LogP contribution in [0.3, 0.4) is 0 Å². The maximum Gasteiger partial charge on any atom is 0.246 e. The largest absolute Gasteiger partial charge is 0.489 e. The first-order chi connectivity index (χ1) is 23.6. The summed E-state index contributed by atoms with van der Waals surface area (Å²) in [5, 5.41) is 3.59. The highest BCUT2D eigenvalue weighted by molar-refractivity contribution is 6.10. The van der Waals surface area contributed by atoms with Crippen LogP contribution in [0.25, 0.3) is 0 Å². The molecule has 1 saturated heterocycles. The van der Waals surface area contributed by atoms with E-state index in [-0.39, 0.29) is 11.9 Å². The highest BCUT2D eigenvalue weighted by Gasteiger charge is 2.34. The number of carbonyl (C=O) groups excluding carboxylic acids is 1. The summed E-state index contributed by atoms with van der Waals surface area (Å²) in [5.74, 6) is 3.49. The van der Waals surface area contributed by atoms with Crippen molar-refractivity contribution in [3.05, 3.63) is 108 Å². The molecule has 0 bridgehead atoms. The van der Waals surface area contributed by atoms with Gasteiger partial charge in [0.25, 0.3) is 0 Å². The van der Waals surface area contributed by atoms with Crippen LogP contribution in [0.2, 0.25) is 0 Å². The third-order valence-corrected chi connectivity index (χ3v) is 8.76. The van der Waals surface area contributed by atoms with Crippen molar-refractivity contribution in [3.8, 4) is 17.2 Å². The van der Waals surface area contributed by atoms with Crippen molar-refractivity contribution in [1.29, 1.82) is 0 Å². The molecule has 0 aliphatic carbocycles. The second-order valence-corrected chi connectivity index (χ2v) is 12.4. The second kappa shape index (κ2) is 16.9. The summed E-state index contributed by atoms with van der Waals surface area (Å²) in [5.41, 5.74) is 7.30. The van der Waals surface area contributed by atoms with Gasteiger partial charge >= 0.3 is 0 Å². The number of ether oxygens (including phenoxy) is 2. The van der Waals surface area contributed by atoms with Gasteiger partial charge in [-0.3, -0.25) is 4.79 Å². The number of piperazine rings is 1. The maximum absolute atomic E-state index is 12.3. The lowest BCUT2D eigenvalue weighted by atomic mass is 10.00. The normalized spacial score (nSPS) is 15.4. The second-order valence-electron chi connectivity index (χ2n) is 12.4. The lowest BCUT2D eigenvalue weighted by Crippen LogP contribution is -2.58. The summed E-state index contributed by atoms with van der Waals surface area (Å²) in [4.78, 5) is 23.4. The van der Waals surface area contributed by atoms with Gasteiger partial charge in [-0.15, -0.1) is 0 Å². The fourth-order valence-corrected chi connectivity index (χ4v) is 6.08. The van der Waals surface area contributed by atoms with Crippen LogP contribution in [0.1, 0.15) is 69.2 Å². The van der Waals surface area contributed by atoms with E-state index < -0.39 is 0 Å². The number of benzene rings is 3. The van der Waals surface area contributed by atoms with Gasteiger partial charge in [0, 0.05) is 49.8 Å². The minimum atomic E-state index is -0.0392. The number of fused-ring (bicyclic) bond motifs is 3.